The van der Waals surface area contributed by atoms with Gasteiger partial charge >= 0.3 is 0 Å². The van der Waals surface area contributed by atoms with Crippen molar-refractivity contribution in [2.45, 2.75) is 31.1 Å². The quantitative estimate of drug-likeness (QED) is 0.917. The summed E-state index contributed by atoms with van der Waals surface area (Å²) in [5.74, 6) is 0.880. The van der Waals surface area contributed by atoms with Crippen molar-refractivity contribution in [1.82, 2.24) is 0 Å². The Balaban J connectivity index is 1.60. The maximum absolute atomic E-state index is 5.92. The molecule has 2 N–H and O–H groups in total. The Morgan fingerprint density at radius 2 is 1.67 bits per heavy atom. The molecule has 0 heterocycles. The largest absolute Gasteiger partial charge is 0.488 e. The highest BCUT2D eigenvalue weighted by Gasteiger charge is 2.40. The molecule has 1 aliphatic carbocycles. The summed E-state index contributed by atoms with van der Waals surface area (Å²) in [6.07, 6.45) is 1.87. The Morgan fingerprint density at radius 3 is 2.29 bits per heavy atom. The van der Waals surface area contributed by atoms with E-state index in [2.05, 4.69) is 36.4 Å². The first-order chi connectivity index (χ1) is 10.3. The van der Waals surface area contributed by atoms with E-state index in [1.807, 2.05) is 18.2 Å². The summed E-state index contributed by atoms with van der Waals surface area (Å²) in [4.78, 5) is 0. The van der Waals surface area contributed by atoms with Crippen LogP contribution in [-0.2, 0) is 11.2 Å². The molecule has 0 aliphatic heterocycles. The van der Waals surface area contributed by atoms with Crippen molar-refractivity contribution < 1.29 is 9.47 Å². The summed E-state index contributed by atoms with van der Waals surface area (Å²) < 4.78 is 11.3. The van der Waals surface area contributed by atoms with Crippen LogP contribution in [0.1, 0.15) is 17.5 Å². The molecular weight excluding hydrogens is 262 g/mol. The Labute approximate surface area is 125 Å². The van der Waals surface area contributed by atoms with Crippen molar-refractivity contribution in [3.8, 4) is 5.75 Å². The molecule has 3 atom stereocenters. The summed E-state index contributed by atoms with van der Waals surface area (Å²) in [6.45, 7) is 0. The molecule has 3 heteroatoms. The van der Waals surface area contributed by atoms with E-state index in [9.17, 15) is 0 Å². The Bertz CT molecular complexity index is 568. The standard InChI is InChI=1S/C18H21NO2/c1-20-18-16(19)12-17(18)21-15-9-7-14(8-10-15)11-13-5-3-2-4-6-13/h2-10,16-18H,11-12,19H2,1H3. The third-order valence-corrected chi connectivity index (χ3v) is 4.03. The zero-order valence-electron chi connectivity index (χ0n) is 12.2. The van der Waals surface area contributed by atoms with Gasteiger partial charge in [-0.1, -0.05) is 42.5 Å². The van der Waals surface area contributed by atoms with Crippen LogP contribution in [0.5, 0.6) is 5.75 Å². The van der Waals surface area contributed by atoms with Crippen LogP contribution in [-0.4, -0.2) is 25.4 Å². The zero-order valence-corrected chi connectivity index (χ0v) is 12.2. The molecule has 3 nitrogen and oxygen atoms in total. The van der Waals surface area contributed by atoms with Crippen molar-refractivity contribution >= 4 is 0 Å². The fraction of sp³-hybridized carbons (Fsp3) is 0.333. The average molecular weight is 283 g/mol. The lowest BCUT2D eigenvalue weighted by Crippen LogP contribution is -2.59. The van der Waals surface area contributed by atoms with Crippen molar-refractivity contribution in [1.29, 1.82) is 0 Å². The minimum atomic E-state index is 0.00833. The molecule has 110 valence electrons. The second-order valence-corrected chi connectivity index (χ2v) is 5.56. The normalized spacial score (nSPS) is 24.4. The maximum Gasteiger partial charge on any atom is 0.128 e. The van der Waals surface area contributed by atoms with Crippen LogP contribution in [0.2, 0.25) is 0 Å². The van der Waals surface area contributed by atoms with Crippen LogP contribution in [0.25, 0.3) is 0 Å². The molecule has 0 saturated heterocycles. The second-order valence-electron chi connectivity index (χ2n) is 5.56. The van der Waals surface area contributed by atoms with E-state index in [-0.39, 0.29) is 18.2 Å². The lowest BCUT2D eigenvalue weighted by Gasteiger charge is -2.40. The van der Waals surface area contributed by atoms with Gasteiger partial charge in [0.25, 0.3) is 0 Å². The fourth-order valence-corrected chi connectivity index (χ4v) is 2.75. The van der Waals surface area contributed by atoms with Crippen molar-refractivity contribution in [2.75, 3.05) is 7.11 Å². The first-order valence-corrected chi connectivity index (χ1v) is 7.34. The smallest absolute Gasteiger partial charge is 0.128 e. The van der Waals surface area contributed by atoms with Gasteiger partial charge in [-0.15, -0.1) is 0 Å². The van der Waals surface area contributed by atoms with Crippen molar-refractivity contribution in [2.24, 2.45) is 5.73 Å². The number of hydrogen-bond acceptors (Lipinski definition) is 3. The molecule has 0 spiro atoms. The molecule has 3 unspecified atom stereocenters. The maximum atomic E-state index is 5.92. The monoisotopic (exact) mass is 283 g/mol. The zero-order chi connectivity index (χ0) is 14.7. The summed E-state index contributed by atoms with van der Waals surface area (Å²) in [5, 5.41) is 0. The molecule has 3 rings (SSSR count). The third-order valence-electron chi connectivity index (χ3n) is 4.03. The lowest BCUT2D eigenvalue weighted by molar-refractivity contribution is -0.0782. The molecule has 1 fully saturated rings. The van der Waals surface area contributed by atoms with E-state index in [4.69, 9.17) is 15.2 Å². The molecular formula is C18H21NO2. The third kappa shape index (κ3) is 3.26. The van der Waals surface area contributed by atoms with Crippen molar-refractivity contribution in [3.63, 3.8) is 0 Å². The summed E-state index contributed by atoms with van der Waals surface area (Å²) in [7, 11) is 1.68. The number of methoxy groups -OCH3 is 1. The van der Waals surface area contributed by atoms with Crippen LogP contribution in [0, 0.1) is 0 Å². The van der Waals surface area contributed by atoms with E-state index < -0.39 is 0 Å². The minimum absolute atomic E-state index is 0.00833. The van der Waals surface area contributed by atoms with E-state index in [1.54, 1.807) is 7.11 Å². The van der Waals surface area contributed by atoms with E-state index in [0.29, 0.717) is 0 Å². The van der Waals surface area contributed by atoms with Gasteiger partial charge in [0.1, 0.15) is 18.0 Å². The average Bonchev–Trinajstić information content (AvgIpc) is 2.50. The number of nitrogens with two attached hydrogens (primary N) is 1. The Morgan fingerprint density at radius 1 is 1.00 bits per heavy atom. The highest BCUT2D eigenvalue weighted by molar-refractivity contribution is 5.31. The number of ether oxygens (including phenoxy) is 2. The molecule has 0 amide bonds. The highest BCUT2D eigenvalue weighted by atomic mass is 16.5. The fourth-order valence-electron chi connectivity index (χ4n) is 2.75. The molecule has 0 bridgehead atoms. The van der Waals surface area contributed by atoms with Crippen LogP contribution in [0.3, 0.4) is 0 Å². The highest BCUT2D eigenvalue weighted by Crippen LogP contribution is 2.27. The van der Waals surface area contributed by atoms with Gasteiger partial charge in [0.2, 0.25) is 0 Å². The van der Waals surface area contributed by atoms with Gasteiger partial charge in [0.15, 0.2) is 0 Å². The first kappa shape index (κ1) is 14.1. The summed E-state index contributed by atoms with van der Waals surface area (Å²) in [6, 6.07) is 18.8. The van der Waals surface area contributed by atoms with Crippen molar-refractivity contribution in [3.05, 3.63) is 65.7 Å². The first-order valence-electron chi connectivity index (χ1n) is 7.34. The topological polar surface area (TPSA) is 44.5 Å². The van der Waals surface area contributed by atoms with Gasteiger partial charge in [-0.25, -0.2) is 0 Å². The molecule has 1 aliphatic rings. The van der Waals surface area contributed by atoms with Crippen LogP contribution < -0.4 is 10.5 Å². The predicted octanol–water partition coefficient (Wildman–Crippen LogP) is 2.77. The van der Waals surface area contributed by atoms with Gasteiger partial charge in [-0.3, -0.25) is 0 Å². The summed E-state index contributed by atoms with van der Waals surface area (Å²) >= 11 is 0. The van der Waals surface area contributed by atoms with Crippen LogP contribution >= 0.6 is 0 Å². The Hall–Kier alpha value is -1.84. The predicted molar refractivity (Wildman–Crippen MR) is 83.5 cm³/mol. The molecule has 1 saturated carbocycles. The molecule has 0 aromatic heterocycles. The lowest BCUT2D eigenvalue weighted by atomic mass is 9.86. The van der Waals surface area contributed by atoms with E-state index >= 15 is 0 Å². The number of hydrogen-bond donors (Lipinski definition) is 1. The van der Waals surface area contributed by atoms with Gasteiger partial charge in [0, 0.05) is 19.6 Å². The minimum Gasteiger partial charge on any atom is -0.488 e. The van der Waals surface area contributed by atoms with E-state index in [1.165, 1.54) is 11.1 Å². The van der Waals surface area contributed by atoms with Gasteiger partial charge in [-0.05, 0) is 29.7 Å². The Kier molecular flexibility index (Phi) is 4.23. The molecule has 0 radical (unpaired) electrons. The molecule has 2 aromatic rings. The van der Waals surface area contributed by atoms with Gasteiger partial charge in [-0.2, -0.15) is 0 Å². The number of rotatable bonds is 5. The van der Waals surface area contributed by atoms with E-state index in [0.717, 1.165) is 18.6 Å². The second kappa shape index (κ2) is 6.29. The van der Waals surface area contributed by atoms with Gasteiger partial charge < -0.3 is 15.2 Å². The molecule has 2 aromatic carbocycles. The SMILES string of the molecule is COC1C(N)CC1Oc1ccc(Cc2ccccc2)cc1. The van der Waals surface area contributed by atoms with Crippen LogP contribution in [0.15, 0.2) is 54.6 Å². The number of benzene rings is 2. The molecule has 21 heavy (non-hydrogen) atoms. The summed E-state index contributed by atoms with van der Waals surface area (Å²) in [5.41, 5.74) is 8.48. The van der Waals surface area contributed by atoms with Crippen LogP contribution in [0.4, 0.5) is 0 Å². The van der Waals surface area contributed by atoms with Gasteiger partial charge in [0.05, 0.1) is 0 Å².